The van der Waals surface area contributed by atoms with Gasteiger partial charge in [0.15, 0.2) is 0 Å². The molecule has 0 aliphatic heterocycles. The highest BCUT2D eigenvalue weighted by atomic mass is 16.4. The summed E-state index contributed by atoms with van der Waals surface area (Å²) in [6.45, 7) is 4.53. The van der Waals surface area contributed by atoms with Crippen molar-refractivity contribution in [3.63, 3.8) is 0 Å². The van der Waals surface area contributed by atoms with E-state index in [1.165, 1.54) is 24.8 Å². The van der Waals surface area contributed by atoms with E-state index in [1.54, 1.807) is 0 Å². The second-order valence-electron chi connectivity index (χ2n) is 5.21. The summed E-state index contributed by atoms with van der Waals surface area (Å²) >= 11 is 0. The van der Waals surface area contributed by atoms with E-state index in [2.05, 4.69) is 21.6 Å². The summed E-state index contributed by atoms with van der Waals surface area (Å²) < 4.78 is 5.30. The normalized spacial score (nSPS) is 15.4. The molecular weight excluding hydrogens is 242 g/mol. The maximum absolute atomic E-state index is 11.8. The van der Waals surface area contributed by atoms with E-state index in [4.69, 9.17) is 4.42 Å². The van der Waals surface area contributed by atoms with Crippen LogP contribution in [0.3, 0.4) is 0 Å². The Bertz CT molecular complexity index is 463. The molecule has 1 amide bonds. The van der Waals surface area contributed by atoms with Crippen molar-refractivity contribution < 1.29 is 9.21 Å². The van der Waals surface area contributed by atoms with Gasteiger partial charge in [0.1, 0.15) is 0 Å². The number of allylic oxidation sites excluding steroid dienone is 1. The van der Waals surface area contributed by atoms with Crippen LogP contribution in [-0.4, -0.2) is 22.6 Å². The second kappa shape index (κ2) is 6.50. The summed E-state index contributed by atoms with van der Waals surface area (Å²) in [6, 6.07) is 0. The number of rotatable bonds is 5. The van der Waals surface area contributed by atoms with Gasteiger partial charge in [0, 0.05) is 12.5 Å². The molecule has 2 rings (SSSR count). The minimum absolute atomic E-state index is 0.0568. The Labute approximate surface area is 113 Å². The lowest BCUT2D eigenvalue weighted by Crippen LogP contribution is -2.25. The van der Waals surface area contributed by atoms with Gasteiger partial charge in [-0.1, -0.05) is 25.5 Å². The van der Waals surface area contributed by atoms with Crippen LogP contribution in [0, 0.1) is 0 Å². The van der Waals surface area contributed by atoms with Crippen LogP contribution in [0.15, 0.2) is 16.1 Å². The van der Waals surface area contributed by atoms with E-state index in [0.29, 0.717) is 12.4 Å². The molecule has 0 spiro atoms. The van der Waals surface area contributed by atoms with Crippen molar-refractivity contribution in [2.45, 2.75) is 51.9 Å². The first-order valence-electron chi connectivity index (χ1n) is 6.96. The van der Waals surface area contributed by atoms with E-state index in [0.717, 1.165) is 12.8 Å². The molecule has 0 bridgehead atoms. The van der Waals surface area contributed by atoms with Crippen LogP contribution >= 0.6 is 0 Å². The van der Waals surface area contributed by atoms with Crippen LogP contribution in [0.2, 0.25) is 0 Å². The maximum atomic E-state index is 11.8. The highest BCUT2D eigenvalue weighted by Gasteiger charge is 2.16. The van der Waals surface area contributed by atoms with Crippen LogP contribution in [0.4, 0.5) is 0 Å². The average molecular weight is 263 g/mol. The molecule has 5 nitrogen and oxygen atoms in total. The van der Waals surface area contributed by atoms with Gasteiger partial charge in [0.25, 0.3) is 0 Å². The zero-order valence-electron chi connectivity index (χ0n) is 11.6. The quantitative estimate of drug-likeness (QED) is 0.829. The Balaban J connectivity index is 1.78. The molecule has 0 fully saturated rings. The van der Waals surface area contributed by atoms with Crippen molar-refractivity contribution in [3.05, 3.63) is 23.4 Å². The summed E-state index contributed by atoms with van der Waals surface area (Å²) in [5.74, 6) is 0.415. The first kappa shape index (κ1) is 13.8. The van der Waals surface area contributed by atoms with Gasteiger partial charge >= 0.3 is 11.8 Å². The molecule has 0 radical (unpaired) electrons. The molecule has 104 valence electrons. The fourth-order valence-corrected chi connectivity index (χ4v) is 2.10. The van der Waals surface area contributed by atoms with Gasteiger partial charge in [0.2, 0.25) is 5.89 Å². The number of nitrogens with one attached hydrogen (secondary N) is 1. The number of nitrogens with zero attached hydrogens (tertiary/aromatic N) is 2. The highest BCUT2D eigenvalue weighted by molar-refractivity contribution is 5.89. The lowest BCUT2D eigenvalue weighted by atomic mass is 9.97. The topological polar surface area (TPSA) is 68.0 Å². The molecule has 0 atom stereocenters. The molecule has 0 aromatic carbocycles. The van der Waals surface area contributed by atoms with Gasteiger partial charge in [-0.3, -0.25) is 4.79 Å². The van der Waals surface area contributed by atoms with Crippen molar-refractivity contribution in [2.24, 2.45) is 0 Å². The number of hydrogen-bond donors (Lipinski definition) is 1. The van der Waals surface area contributed by atoms with Gasteiger partial charge < -0.3 is 9.73 Å². The molecule has 1 N–H and O–H groups in total. The summed E-state index contributed by atoms with van der Waals surface area (Å²) in [5.41, 5.74) is 1.44. The van der Waals surface area contributed by atoms with E-state index in [-0.39, 0.29) is 17.7 Å². The maximum Gasteiger partial charge on any atom is 0.308 e. The molecule has 0 unspecified atom stereocenters. The largest absolute Gasteiger partial charge is 0.417 e. The minimum atomic E-state index is -0.282. The van der Waals surface area contributed by atoms with Crippen LogP contribution in [-0.2, 0) is 0 Å². The van der Waals surface area contributed by atoms with Crippen LogP contribution in [0.1, 0.15) is 68.4 Å². The van der Waals surface area contributed by atoms with E-state index >= 15 is 0 Å². The van der Waals surface area contributed by atoms with Crippen molar-refractivity contribution in [1.29, 1.82) is 0 Å². The molecule has 1 heterocycles. The summed E-state index contributed by atoms with van der Waals surface area (Å²) in [4.78, 5) is 11.8. The van der Waals surface area contributed by atoms with E-state index in [9.17, 15) is 4.79 Å². The predicted octanol–water partition coefficient (Wildman–Crippen LogP) is 2.81. The number of amides is 1. The first-order chi connectivity index (χ1) is 9.16. The Morgan fingerprint density at radius 1 is 1.42 bits per heavy atom. The third kappa shape index (κ3) is 3.91. The van der Waals surface area contributed by atoms with Crippen LogP contribution < -0.4 is 5.32 Å². The van der Waals surface area contributed by atoms with Gasteiger partial charge in [-0.05, 0) is 32.1 Å². The zero-order chi connectivity index (χ0) is 13.7. The van der Waals surface area contributed by atoms with Crippen LogP contribution in [0.25, 0.3) is 0 Å². The molecule has 5 heteroatoms. The third-order valence-corrected chi connectivity index (χ3v) is 3.25. The standard InChI is InChI=1S/C14H21N3O2/c1-10(2)13-16-17-14(19-13)12(18)15-9-8-11-6-4-3-5-7-11/h6,10H,3-5,7-9H2,1-2H3,(H,15,18). The van der Waals surface area contributed by atoms with Crippen LogP contribution in [0.5, 0.6) is 0 Å². The Hall–Kier alpha value is -1.65. The molecule has 19 heavy (non-hydrogen) atoms. The Morgan fingerprint density at radius 3 is 2.89 bits per heavy atom. The molecular formula is C14H21N3O2. The molecule has 1 aliphatic rings. The predicted molar refractivity (Wildman–Crippen MR) is 71.9 cm³/mol. The van der Waals surface area contributed by atoms with E-state index in [1.807, 2.05) is 13.8 Å². The van der Waals surface area contributed by atoms with Gasteiger partial charge in [-0.2, -0.15) is 0 Å². The molecule has 1 aliphatic carbocycles. The monoisotopic (exact) mass is 263 g/mol. The zero-order valence-corrected chi connectivity index (χ0v) is 11.6. The summed E-state index contributed by atoms with van der Waals surface area (Å²) in [5, 5.41) is 10.4. The van der Waals surface area contributed by atoms with E-state index < -0.39 is 0 Å². The molecule has 0 saturated carbocycles. The summed E-state index contributed by atoms with van der Waals surface area (Å²) in [7, 11) is 0. The lowest BCUT2D eigenvalue weighted by molar-refractivity contribution is 0.0917. The van der Waals surface area contributed by atoms with Crippen molar-refractivity contribution in [2.75, 3.05) is 6.54 Å². The SMILES string of the molecule is CC(C)c1nnc(C(=O)NCCC2=CCCCC2)o1. The lowest BCUT2D eigenvalue weighted by Gasteiger charge is -2.12. The van der Waals surface area contributed by atoms with Crippen molar-refractivity contribution in [1.82, 2.24) is 15.5 Å². The Morgan fingerprint density at radius 2 is 2.26 bits per heavy atom. The second-order valence-corrected chi connectivity index (χ2v) is 5.21. The number of hydrogen-bond acceptors (Lipinski definition) is 4. The number of aromatic nitrogens is 2. The van der Waals surface area contributed by atoms with Gasteiger partial charge in [0.05, 0.1) is 0 Å². The summed E-state index contributed by atoms with van der Waals surface area (Å²) in [6.07, 6.45) is 8.09. The smallest absolute Gasteiger partial charge is 0.308 e. The van der Waals surface area contributed by atoms with Crippen molar-refractivity contribution >= 4 is 5.91 Å². The average Bonchev–Trinajstić information content (AvgIpc) is 2.89. The van der Waals surface area contributed by atoms with Gasteiger partial charge in [-0.15, -0.1) is 10.2 Å². The minimum Gasteiger partial charge on any atom is -0.417 e. The fourth-order valence-electron chi connectivity index (χ4n) is 2.10. The molecule has 1 aromatic heterocycles. The fraction of sp³-hybridized carbons (Fsp3) is 0.643. The third-order valence-electron chi connectivity index (χ3n) is 3.25. The Kier molecular flexibility index (Phi) is 4.71. The number of carbonyl (C=O) groups is 1. The first-order valence-corrected chi connectivity index (χ1v) is 6.96. The molecule has 0 saturated heterocycles. The van der Waals surface area contributed by atoms with Gasteiger partial charge in [-0.25, -0.2) is 0 Å². The molecule has 1 aromatic rings. The highest BCUT2D eigenvalue weighted by Crippen LogP contribution is 2.19. The van der Waals surface area contributed by atoms with Crippen molar-refractivity contribution in [3.8, 4) is 0 Å². The number of carbonyl (C=O) groups excluding carboxylic acids is 1.